The van der Waals surface area contributed by atoms with Crippen LogP contribution in [0.3, 0.4) is 0 Å². The van der Waals surface area contributed by atoms with Gasteiger partial charge in [0.2, 0.25) is 0 Å². The molecular formula is C14H22N2O2. The quantitative estimate of drug-likeness (QED) is 0.777. The Balaban J connectivity index is 2.56. The maximum Gasteiger partial charge on any atom is 0.251 e. The average molecular weight is 250 g/mol. The summed E-state index contributed by atoms with van der Waals surface area (Å²) < 4.78 is 5.49. The fourth-order valence-electron chi connectivity index (χ4n) is 1.42. The van der Waals surface area contributed by atoms with Gasteiger partial charge < -0.3 is 15.8 Å². The topological polar surface area (TPSA) is 64.3 Å². The summed E-state index contributed by atoms with van der Waals surface area (Å²) >= 11 is 0. The lowest BCUT2D eigenvalue weighted by atomic mass is 10.2. The number of carbonyl (C=O) groups is 1. The molecule has 1 rings (SSSR count). The van der Waals surface area contributed by atoms with Gasteiger partial charge >= 0.3 is 0 Å². The number of hydrogen-bond donors (Lipinski definition) is 2. The third-order valence-corrected chi connectivity index (χ3v) is 2.62. The van der Waals surface area contributed by atoms with E-state index in [2.05, 4.69) is 5.32 Å². The van der Waals surface area contributed by atoms with Crippen LogP contribution in [0.25, 0.3) is 0 Å². The van der Waals surface area contributed by atoms with Crippen LogP contribution < -0.4 is 15.8 Å². The van der Waals surface area contributed by atoms with Crippen molar-refractivity contribution in [3.8, 4) is 5.75 Å². The second-order valence-corrected chi connectivity index (χ2v) is 4.25. The highest BCUT2D eigenvalue weighted by Crippen LogP contribution is 2.13. The molecule has 4 heteroatoms. The SMILES string of the molecule is CCCOc1cccc(C(=O)NCC(N)CC)c1. The molecule has 0 saturated heterocycles. The Labute approximate surface area is 109 Å². The standard InChI is InChI=1S/C14H22N2O2/c1-3-8-18-13-7-5-6-11(9-13)14(17)16-10-12(15)4-2/h5-7,9,12H,3-4,8,10,15H2,1-2H3,(H,16,17). The van der Waals surface area contributed by atoms with Gasteiger partial charge in [0.25, 0.3) is 5.91 Å². The molecule has 0 aliphatic rings. The van der Waals surface area contributed by atoms with Gasteiger partial charge in [0.05, 0.1) is 6.61 Å². The van der Waals surface area contributed by atoms with E-state index in [1.807, 2.05) is 26.0 Å². The molecule has 0 bridgehead atoms. The van der Waals surface area contributed by atoms with Crippen molar-refractivity contribution in [3.05, 3.63) is 29.8 Å². The summed E-state index contributed by atoms with van der Waals surface area (Å²) in [5.41, 5.74) is 6.36. The van der Waals surface area contributed by atoms with Crippen LogP contribution >= 0.6 is 0 Å². The van der Waals surface area contributed by atoms with Crippen molar-refractivity contribution in [1.82, 2.24) is 5.32 Å². The van der Waals surface area contributed by atoms with E-state index in [9.17, 15) is 4.79 Å². The monoisotopic (exact) mass is 250 g/mol. The first kappa shape index (κ1) is 14.5. The smallest absolute Gasteiger partial charge is 0.251 e. The number of ether oxygens (including phenoxy) is 1. The van der Waals surface area contributed by atoms with E-state index in [0.29, 0.717) is 18.7 Å². The second kappa shape index (κ2) is 7.71. The van der Waals surface area contributed by atoms with E-state index in [0.717, 1.165) is 18.6 Å². The first-order valence-electron chi connectivity index (χ1n) is 6.44. The van der Waals surface area contributed by atoms with Gasteiger partial charge in [-0.05, 0) is 31.0 Å². The predicted molar refractivity (Wildman–Crippen MR) is 72.8 cm³/mol. The minimum absolute atomic E-state index is 0.00785. The average Bonchev–Trinajstić information content (AvgIpc) is 2.42. The number of amides is 1. The zero-order valence-electron chi connectivity index (χ0n) is 11.1. The van der Waals surface area contributed by atoms with Crippen molar-refractivity contribution in [2.75, 3.05) is 13.2 Å². The van der Waals surface area contributed by atoms with E-state index >= 15 is 0 Å². The molecule has 0 radical (unpaired) electrons. The fraction of sp³-hybridized carbons (Fsp3) is 0.500. The number of benzene rings is 1. The zero-order valence-corrected chi connectivity index (χ0v) is 11.1. The van der Waals surface area contributed by atoms with Crippen LogP contribution in [0.1, 0.15) is 37.0 Å². The summed E-state index contributed by atoms with van der Waals surface area (Å²) in [5.74, 6) is 0.616. The minimum Gasteiger partial charge on any atom is -0.494 e. The Morgan fingerprint density at radius 3 is 2.89 bits per heavy atom. The van der Waals surface area contributed by atoms with Crippen molar-refractivity contribution < 1.29 is 9.53 Å². The molecule has 1 amide bonds. The van der Waals surface area contributed by atoms with Crippen LogP contribution in [0, 0.1) is 0 Å². The molecular weight excluding hydrogens is 228 g/mol. The van der Waals surface area contributed by atoms with Crippen molar-refractivity contribution >= 4 is 5.91 Å². The predicted octanol–water partition coefficient (Wildman–Crippen LogP) is 1.94. The van der Waals surface area contributed by atoms with Gasteiger partial charge in [-0.1, -0.05) is 19.9 Å². The van der Waals surface area contributed by atoms with Crippen molar-refractivity contribution in [2.45, 2.75) is 32.7 Å². The van der Waals surface area contributed by atoms with Crippen molar-refractivity contribution in [1.29, 1.82) is 0 Å². The van der Waals surface area contributed by atoms with Crippen LogP contribution in [-0.4, -0.2) is 25.1 Å². The summed E-state index contributed by atoms with van der Waals surface area (Å²) in [6.07, 6.45) is 1.79. The molecule has 0 fully saturated rings. The van der Waals surface area contributed by atoms with Gasteiger partial charge in [-0.25, -0.2) is 0 Å². The van der Waals surface area contributed by atoms with Crippen LogP contribution in [0.4, 0.5) is 0 Å². The molecule has 100 valence electrons. The Morgan fingerprint density at radius 2 is 2.22 bits per heavy atom. The third kappa shape index (κ3) is 4.75. The molecule has 4 nitrogen and oxygen atoms in total. The highest BCUT2D eigenvalue weighted by Gasteiger charge is 2.07. The summed E-state index contributed by atoms with van der Waals surface area (Å²) in [6, 6.07) is 7.20. The maximum atomic E-state index is 11.9. The van der Waals surface area contributed by atoms with Crippen LogP contribution in [0.5, 0.6) is 5.75 Å². The Morgan fingerprint density at radius 1 is 1.44 bits per heavy atom. The number of nitrogens with one attached hydrogen (secondary N) is 1. The van der Waals surface area contributed by atoms with Gasteiger partial charge in [0.1, 0.15) is 5.75 Å². The molecule has 0 spiro atoms. The minimum atomic E-state index is -0.110. The normalized spacial score (nSPS) is 11.9. The molecule has 3 N–H and O–H groups in total. The maximum absolute atomic E-state index is 11.9. The van der Waals surface area contributed by atoms with Crippen LogP contribution in [0.15, 0.2) is 24.3 Å². The number of nitrogens with two attached hydrogens (primary N) is 1. The highest BCUT2D eigenvalue weighted by molar-refractivity contribution is 5.94. The molecule has 1 unspecified atom stereocenters. The molecule has 0 heterocycles. The Kier molecular flexibility index (Phi) is 6.22. The molecule has 1 atom stereocenters. The van der Waals surface area contributed by atoms with Gasteiger partial charge in [0, 0.05) is 18.2 Å². The first-order chi connectivity index (χ1) is 8.67. The lowest BCUT2D eigenvalue weighted by Crippen LogP contribution is -2.36. The van der Waals surface area contributed by atoms with Gasteiger partial charge in [0.15, 0.2) is 0 Å². The summed E-state index contributed by atoms with van der Waals surface area (Å²) in [5, 5.41) is 2.81. The Bertz CT molecular complexity index is 380. The van der Waals surface area contributed by atoms with Crippen molar-refractivity contribution in [3.63, 3.8) is 0 Å². The van der Waals surface area contributed by atoms with Crippen LogP contribution in [-0.2, 0) is 0 Å². The van der Waals surface area contributed by atoms with E-state index < -0.39 is 0 Å². The van der Waals surface area contributed by atoms with E-state index in [1.54, 1.807) is 12.1 Å². The van der Waals surface area contributed by atoms with Crippen molar-refractivity contribution in [2.24, 2.45) is 5.73 Å². The fourth-order valence-corrected chi connectivity index (χ4v) is 1.42. The largest absolute Gasteiger partial charge is 0.494 e. The number of hydrogen-bond acceptors (Lipinski definition) is 3. The summed E-state index contributed by atoms with van der Waals surface area (Å²) in [6.45, 7) is 5.19. The number of carbonyl (C=O) groups excluding carboxylic acids is 1. The lowest BCUT2D eigenvalue weighted by molar-refractivity contribution is 0.0950. The zero-order chi connectivity index (χ0) is 13.4. The summed E-state index contributed by atoms with van der Waals surface area (Å²) in [4.78, 5) is 11.9. The molecule has 0 aliphatic carbocycles. The van der Waals surface area contributed by atoms with Gasteiger partial charge in [-0.3, -0.25) is 4.79 Å². The van der Waals surface area contributed by atoms with E-state index in [1.165, 1.54) is 0 Å². The highest BCUT2D eigenvalue weighted by atomic mass is 16.5. The molecule has 1 aromatic carbocycles. The van der Waals surface area contributed by atoms with Crippen LogP contribution in [0.2, 0.25) is 0 Å². The first-order valence-corrected chi connectivity index (χ1v) is 6.44. The number of rotatable bonds is 7. The molecule has 18 heavy (non-hydrogen) atoms. The lowest BCUT2D eigenvalue weighted by Gasteiger charge is -2.11. The van der Waals surface area contributed by atoms with Gasteiger partial charge in [-0.15, -0.1) is 0 Å². The Hall–Kier alpha value is -1.55. The molecule has 1 aromatic rings. The second-order valence-electron chi connectivity index (χ2n) is 4.25. The molecule has 0 aromatic heterocycles. The third-order valence-electron chi connectivity index (χ3n) is 2.62. The summed E-state index contributed by atoms with van der Waals surface area (Å²) in [7, 11) is 0. The molecule has 0 aliphatic heterocycles. The van der Waals surface area contributed by atoms with Gasteiger partial charge in [-0.2, -0.15) is 0 Å². The van der Waals surface area contributed by atoms with E-state index in [-0.39, 0.29) is 11.9 Å². The van der Waals surface area contributed by atoms with E-state index in [4.69, 9.17) is 10.5 Å². The molecule has 0 saturated carbocycles.